The van der Waals surface area contributed by atoms with E-state index in [0.717, 1.165) is 29.6 Å². The minimum atomic E-state index is 0.0120. The molecule has 0 bridgehead atoms. The van der Waals surface area contributed by atoms with E-state index in [2.05, 4.69) is 15.6 Å². The van der Waals surface area contributed by atoms with Gasteiger partial charge in [-0.15, -0.1) is 0 Å². The number of urea groups is 1. The normalized spacial score (nSPS) is 14.4. The van der Waals surface area contributed by atoms with Crippen molar-refractivity contribution in [2.75, 3.05) is 25.5 Å². The molecule has 2 amide bonds. The number of hydrogen-bond donors (Lipinski definition) is 2. The molecule has 1 saturated carbocycles. The topological polar surface area (TPSA) is 57.3 Å². The van der Waals surface area contributed by atoms with Gasteiger partial charge in [0.05, 0.1) is 5.52 Å². The molecule has 22 heavy (non-hydrogen) atoms. The zero-order chi connectivity index (χ0) is 15.4. The Morgan fingerprint density at radius 2 is 2.05 bits per heavy atom. The Labute approximate surface area is 130 Å². The summed E-state index contributed by atoms with van der Waals surface area (Å²) in [6.07, 6.45) is 3.49. The lowest BCUT2D eigenvalue weighted by Crippen LogP contribution is -2.47. The molecule has 1 aromatic carbocycles. The molecule has 0 unspecified atom stereocenters. The standard InChI is InChI=1S/C17H22N4O/c1-21(14-6-4-7-14)17(22)19-12-11-18-16-10-9-13-5-2-3-8-15(13)20-16/h2-3,5,8-10,14H,4,6-7,11-12H2,1H3,(H,18,20)(H,19,22). The molecular weight excluding hydrogens is 276 g/mol. The van der Waals surface area contributed by atoms with Crippen molar-refractivity contribution in [1.29, 1.82) is 0 Å². The van der Waals surface area contributed by atoms with Crippen LogP contribution in [0.25, 0.3) is 10.9 Å². The fourth-order valence-electron chi connectivity index (χ4n) is 2.59. The Morgan fingerprint density at radius 1 is 1.23 bits per heavy atom. The fraction of sp³-hybridized carbons (Fsp3) is 0.412. The van der Waals surface area contributed by atoms with Crippen LogP contribution in [-0.4, -0.2) is 42.1 Å². The van der Waals surface area contributed by atoms with Crippen LogP contribution in [0.2, 0.25) is 0 Å². The molecule has 1 aromatic heterocycles. The van der Waals surface area contributed by atoms with Crippen LogP contribution in [0.15, 0.2) is 36.4 Å². The Bertz CT molecular complexity index is 654. The van der Waals surface area contributed by atoms with E-state index in [1.807, 2.05) is 48.3 Å². The molecule has 0 radical (unpaired) electrons. The van der Waals surface area contributed by atoms with Crippen LogP contribution in [0.5, 0.6) is 0 Å². The smallest absolute Gasteiger partial charge is 0.317 e. The lowest BCUT2D eigenvalue weighted by atomic mass is 9.92. The maximum atomic E-state index is 11.9. The summed E-state index contributed by atoms with van der Waals surface area (Å²) in [4.78, 5) is 18.3. The van der Waals surface area contributed by atoms with E-state index in [1.165, 1.54) is 6.42 Å². The third kappa shape index (κ3) is 3.30. The highest BCUT2D eigenvalue weighted by atomic mass is 16.2. The number of hydrogen-bond acceptors (Lipinski definition) is 3. The van der Waals surface area contributed by atoms with Gasteiger partial charge in [-0.2, -0.15) is 0 Å². The molecule has 1 aliphatic carbocycles. The van der Waals surface area contributed by atoms with Crippen molar-refractivity contribution in [2.45, 2.75) is 25.3 Å². The largest absolute Gasteiger partial charge is 0.368 e. The molecule has 0 spiro atoms. The first-order valence-electron chi connectivity index (χ1n) is 7.84. The summed E-state index contributed by atoms with van der Waals surface area (Å²) < 4.78 is 0. The minimum Gasteiger partial charge on any atom is -0.368 e. The lowest BCUT2D eigenvalue weighted by Gasteiger charge is -2.34. The van der Waals surface area contributed by atoms with Crippen LogP contribution < -0.4 is 10.6 Å². The summed E-state index contributed by atoms with van der Waals surface area (Å²) in [7, 11) is 1.87. The van der Waals surface area contributed by atoms with Gasteiger partial charge in [-0.3, -0.25) is 0 Å². The number of aromatic nitrogens is 1. The van der Waals surface area contributed by atoms with Gasteiger partial charge >= 0.3 is 6.03 Å². The first-order chi connectivity index (χ1) is 10.7. The summed E-state index contributed by atoms with van der Waals surface area (Å²) in [5.41, 5.74) is 0.973. The van der Waals surface area contributed by atoms with E-state index in [1.54, 1.807) is 0 Å². The first kappa shape index (κ1) is 14.6. The number of nitrogens with one attached hydrogen (secondary N) is 2. The van der Waals surface area contributed by atoms with Crippen molar-refractivity contribution in [3.63, 3.8) is 0 Å². The number of nitrogens with zero attached hydrogens (tertiary/aromatic N) is 2. The summed E-state index contributed by atoms with van der Waals surface area (Å²) in [6.45, 7) is 1.25. The average molecular weight is 298 g/mol. The fourth-order valence-corrected chi connectivity index (χ4v) is 2.59. The maximum absolute atomic E-state index is 11.9. The van der Waals surface area contributed by atoms with Crippen molar-refractivity contribution >= 4 is 22.8 Å². The second-order valence-electron chi connectivity index (χ2n) is 5.74. The molecule has 116 valence electrons. The molecule has 3 rings (SSSR count). The number of amides is 2. The molecule has 2 aromatic rings. The molecule has 1 aliphatic rings. The molecule has 0 atom stereocenters. The zero-order valence-corrected chi connectivity index (χ0v) is 12.9. The summed E-state index contributed by atoms with van der Waals surface area (Å²) >= 11 is 0. The van der Waals surface area contributed by atoms with Gasteiger partial charge in [0.2, 0.25) is 0 Å². The van der Waals surface area contributed by atoms with Crippen LogP contribution in [0.4, 0.5) is 10.6 Å². The molecule has 0 aliphatic heterocycles. The Hall–Kier alpha value is -2.30. The maximum Gasteiger partial charge on any atom is 0.317 e. The molecular formula is C17H22N4O. The Morgan fingerprint density at radius 3 is 2.82 bits per heavy atom. The van der Waals surface area contributed by atoms with Crippen molar-refractivity contribution in [3.05, 3.63) is 36.4 Å². The van der Waals surface area contributed by atoms with Gasteiger partial charge < -0.3 is 15.5 Å². The number of benzene rings is 1. The summed E-state index contributed by atoms with van der Waals surface area (Å²) in [5.74, 6) is 0.834. The van der Waals surface area contributed by atoms with E-state index < -0.39 is 0 Å². The lowest BCUT2D eigenvalue weighted by molar-refractivity contribution is 0.158. The molecule has 2 N–H and O–H groups in total. The second-order valence-corrected chi connectivity index (χ2v) is 5.74. The van der Waals surface area contributed by atoms with Crippen LogP contribution >= 0.6 is 0 Å². The van der Waals surface area contributed by atoms with Crippen LogP contribution in [0.3, 0.4) is 0 Å². The monoisotopic (exact) mass is 298 g/mol. The Balaban J connectivity index is 1.44. The third-order valence-corrected chi connectivity index (χ3v) is 4.25. The van der Waals surface area contributed by atoms with Gasteiger partial charge in [0, 0.05) is 31.6 Å². The number of fused-ring (bicyclic) bond motifs is 1. The number of carbonyl (C=O) groups is 1. The minimum absolute atomic E-state index is 0.0120. The quantitative estimate of drug-likeness (QED) is 0.835. The van der Waals surface area contributed by atoms with E-state index >= 15 is 0 Å². The van der Waals surface area contributed by atoms with Gasteiger partial charge in [0.1, 0.15) is 5.82 Å². The van der Waals surface area contributed by atoms with E-state index in [0.29, 0.717) is 19.1 Å². The molecule has 5 nitrogen and oxygen atoms in total. The Kier molecular flexibility index (Phi) is 4.42. The second kappa shape index (κ2) is 6.64. The van der Waals surface area contributed by atoms with Crippen LogP contribution in [0, 0.1) is 0 Å². The molecule has 1 heterocycles. The first-order valence-corrected chi connectivity index (χ1v) is 7.84. The van der Waals surface area contributed by atoms with Crippen molar-refractivity contribution in [2.24, 2.45) is 0 Å². The van der Waals surface area contributed by atoms with E-state index in [-0.39, 0.29) is 6.03 Å². The number of carbonyl (C=O) groups excluding carboxylic acids is 1. The summed E-state index contributed by atoms with van der Waals surface area (Å²) in [5, 5.41) is 7.31. The average Bonchev–Trinajstić information content (AvgIpc) is 2.49. The zero-order valence-electron chi connectivity index (χ0n) is 12.9. The number of rotatable bonds is 5. The number of pyridine rings is 1. The predicted molar refractivity (Wildman–Crippen MR) is 89.0 cm³/mol. The van der Waals surface area contributed by atoms with Gasteiger partial charge in [-0.05, 0) is 37.5 Å². The summed E-state index contributed by atoms with van der Waals surface area (Å²) in [6, 6.07) is 12.5. The van der Waals surface area contributed by atoms with Gasteiger partial charge in [-0.1, -0.05) is 18.2 Å². The van der Waals surface area contributed by atoms with E-state index in [4.69, 9.17) is 0 Å². The van der Waals surface area contributed by atoms with Crippen LogP contribution in [-0.2, 0) is 0 Å². The third-order valence-electron chi connectivity index (χ3n) is 4.25. The highest BCUT2D eigenvalue weighted by molar-refractivity contribution is 5.80. The van der Waals surface area contributed by atoms with Gasteiger partial charge in [0.15, 0.2) is 0 Å². The molecule has 1 fully saturated rings. The SMILES string of the molecule is CN(C(=O)NCCNc1ccc2ccccc2n1)C1CCC1. The van der Waals surface area contributed by atoms with Crippen molar-refractivity contribution in [1.82, 2.24) is 15.2 Å². The predicted octanol–water partition coefficient (Wildman–Crippen LogP) is 2.84. The number of anilines is 1. The highest BCUT2D eigenvalue weighted by Gasteiger charge is 2.25. The highest BCUT2D eigenvalue weighted by Crippen LogP contribution is 2.23. The molecule has 0 saturated heterocycles. The van der Waals surface area contributed by atoms with Gasteiger partial charge in [0.25, 0.3) is 0 Å². The van der Waals surface area contributed by atoms with Crippen molar-refractivity contribution in [3.8, 4) is 0 Å². The van der Waals surface area contributed by atoms with Gasteiger partial charge in [-0.25, -0.2) is 9.78 Å². The number of para-hydroxylation sites is 1. The molecule has 5 heteroatoms. The van der Waals surface area contributed by atoms with Crippen molar-refractivity contribution < 1.29 is 4.79 Å². The van der Waals surface area contributed by atoms with Crippen LogP contribution in [0.1, 0.15) is 19.3 Å². The van der Waals surface area contributed by atoms with E-state index in [9.17, 15) is 4.79 Å².